The molecule has 0 N–H and O–H groups in total. The molecule has 0 bridgehead atoms. The van der Waals surface area contributed by atoms with Crippen LogP contribution in [0.2, 0.25) is 0 Å². The summed E-state index contributed by atoms with van der Waals surface area (Å²) < 4.78 is 29.7. The monoisotopic (exact) mass is 305 g/mol. The van der Waals surface area contributed by atoms with Crippen molar-refractivity contribution in [3.05, 3.63) is 53.5 Å². The van der Waals surface area contributed by atoms with E-state index in [0.29, 0.717) is 5.52 Å². The zero-order chi connectivity index (χ0) is 14.2. The van der Waals surface area contributed by atoms with Crippen LogP contribution in [-0.2, 0) is 10.1 Å². The Morgan fingerprint density at radius 1 is 1.10 bits per heavy atom. The molecule has 0 saturated carbocycles. The van der Waals surface area contributed by atoms with Crippen molar-refractivity contribution in [1.29, 1.82) is 0 Å². The highest BCUT2D eigenvalue weighted by molar-refractivity contribution is 7.89. The quantitative estimate of drug-likeness (QED) is 0.696. The zero-order valence-electron chi connectivity index (χ0n) is 10.6. The third-order valence-corrected chi connectivity index (χ3v) is 5.35. The standard InChI is InChI=1S/C14H11NO3S2/c1-10-7-8-11-4-2-5-12(14(11)15-10)18-20(16,17)13-6-3-9-19-13/h2-9H,1H3. The average Bonchev–Trinajstić information content (AvgIpc) is 2.94. The van der Waals surface area contributed by atoms with Crippen LogP contribution in [0.15, 0.2) is 52.1 Å². The molecule has 1 aromatic carbocycles. The molecule has 0 amide bonds. The molecule has 0 radical (unpaired) electrons. The lowest BCUT2D eigenvalue weighted by molar-refractivity contribution is 0.490. The molecule has 3 aromatic rings. The second kappa shape index (κ2) is 4.88. The van der Waals surface area contributed by atoms with Gasteiger partial charge in [-0.2, -0.15) is 8.42 Å². The fourth-order valence-electron chi connectivity index (χ4n) is 1.85. The van der Waals surface area contributed by atoms with Gasteiger partial charge in [-0.1, -0.05) is 24.3 Å². The SMILES string of the molecule is Cc1ccc2cccc(OS(=O)(=O)c3cccs3)c2n1. The van der Waals surface area contributed by atoms with Crippen molar-refractivity contribution in [3.8, 4) is 5.75 Å². The van der Waals surface area contributed by atoms with E-state index in [-0.39, 0.29) is 9.96 Å². The number of thiophene rings is 1. The normalized spacial score (nSPS) is 11.7. The molecule has 0 aliphatic heterocycles. The number of benzene rings is 1. The molecule has 0 saturated heterocycles. The summed E-state index contributed by atoms with van der Waals surface area (Å²) in [4.78, 5) is 4.36. The smallest absolute Gasteiger partial charge is 0.348 e. The minimum Gasteiger partial charge on any atom is -0.376 e. The van der Waals surface area contributed by atoms with Crippen LogP contribution in [0.3, 0.4) is 0 Å². The number of rotatable bonds is 3. The summed E-state index contributed by atoms with van der Waals surface area (Å²) in [6.07, 6.45) is 0. The maximum absolute atomic E-state index is 12.2. The highest BCUT2D eigenvalue weighted by Crippen LogP contribution is 2.28. The topological polar surface area (TPSA) is 56.3 Å². The molecule has 102 valence electrons. The lowest BCUT2D eigenvalue weighted by atomic mass is 10.2. The van der Waals surface area contributed by atoms with Crippen LogP contribution in [0.5, 0.6) is 5.75 Å². The number of aromatic nitrogens is 1. The zero-order valence-corrected chi connectivity index (χ0v) is 12.2. The Morgan fingerprint density at radius 3 is 2.70 bits per heavy atom. The van der Waals surface area contributed by atoms with Crippen molar-refractivity contribution in [2.24, 2.45) is 0 Å². The summed E-state index contributed by atoms with van der Waals surface area (Å²) in [5.74, 6) is 0.250. The first-order valence-corrected chi connectivity index (χ1v) is 8.19. The van der Waals surface area contributed by atoms with Crippen LogP contribution in [0, 0.1) is 6.92 Å². The molecule has 0 aliphatic carbocycles. The van der Waals surface area contributed by atoms with Gasteiger partial charge in [0.05, 0.1) is 0 Å². The van der Waals surface area contributed by atoms with Gasteiger partial charge in [0, 0.05) is 11.1 Å². The van der Waals surface area contributed by atoms with Gasteiger partial charge in [-0.3, -0.25) is 0 Å². The second-order valence-electron chi connectivity index (χ2n) is 4.25. The van der Waals surface area contributed by atoms with E-state index in [2.05, 4.69) is 4.98 Å². The molecule has 0 unspecified atom stereocenters. The maximum Gasteiger partial charge on any atom is 0.348 e. The predicted octanol–water partition coefficient (Wildman–Crippen LogP) is 3.37. The van der Waals surface area contributed by atoms with Crippen LogP contribution in [0.25, 0.3) is 10.9 Å². The third kappa shape index (κ3) is 2.39. The maximum atomic E-state index is 12.2. The first-order chi connectivity index (χ1) is 9.56. The van der Waals surface area contributed by atoms with Crippen LogP contribution < -0.4 is 4.18 Å². The number of fused-ring (bicyclic) bond motifs is 1. The summed E-state index contributed by atoms with van der Waals surface area (Å²) >= 11 is 1.12. The highest BCUT2D eigenvalue weighted by Gasteiger charge is 2.19. The lowest BCUT2D eigenvalue weighted by Crippen LogP contribution is -2.08. The number of pyridine rings is 1. The Kier molecular flexibility index (Phi) is 3.19. The molecule has 0 spiro atoms. The fraction of sp³-hybridized carbons (Fsp3) is 0.0714. The Bertz CT molecular complexity index is 855. The van der Waals surface area contributed by atoms with E-state index in [1.807, 2.05) is 25.1 Å². The molecule has 0 atom stereocenters. The van der Waals surface area contributed by atoms with Crippen molar-refractivity contribution in [1.82, 2.24) is 4.98 Å². The van der Waals surface area contributed by atoms with Crippen LogP contribution >= 0.6 is 11.3 Å². The Hall–Kier alpha value is -1.92. The minimum absolute atomic E-state index is 0.183. The molecule has 20 heavy (non-hydrogen) atoms. The summed E-state index contributed by atoms with van der Waals surface area (Å²) in [6.45, 7) is 1.85. The molecular weight excluding hydrogens is 294 g/mol. The molecule has 0 fully saturated rings. The first-order valence-electron chi connectivity index (χ1n) is 5.91. The van der Waals surface area contributed by atoms with E-state index in [4.69, 9.17) is 4.18 Å². The Balaban J connectivity index is 2.10. The average molecular weight is 305 g/mol. The van der Waals surface area contributed by atoms with E-state index in [1.165, 1.54) is 6.07 Å². The Morgan fingerprint density at radius 2 is 1.95 bits per heavy atom. The number of para-hydroxylation sites is 1. The van der Waals surface area contributed by atoms with E-state index in [0.717, 1.165) is 22.4 Å². The predicted molar refractivity (Wildman–Crippen MR) is 78.6 cm³/mol. The van der Waals surface area contributed by atoms with E-state index in [9.17, 15) is 8.42 Å². The van der Waals surface area contributed by atoms with Crippen molar-refractivity contribution < 1.29 is 12.6 Å². The van der Waals surface area contributed by atoms with Gasteiger partial charge in [-0.05, 0) is 30.5 Å². The Labute approximate surface area is 120 Å². The fourth-order valence-corrected chi connectivity index (χ4v) is 3.74. The molecule has 2 heterocycles. The highest BCUT2D eigenvalue weighted by atomic mass is 32.3. The third-order valence-electron chi connectivity index (χ3n) is 2.76. The van der Waals surface area contributed by atoms with Gasteiger partial charge in [0.25, 0.3) is 0 Å². The van der Waals surface area contributed by atoms with Gasteiger partial charge in [-0.15, -0.1) is 11.3 Å². The number of hydrogen-bond acceptors (Lipinski definition) is 5. The molecule has 2 aromatic heterocycles. The molecule has 4 nitrogen and oxygen atoms in total. The number of nitrogens with zero attached hydrogens (tertiary/aromatic N) is 1. The molecular formula is C14H11NO3S2. The van der Waals surface area contributed by atoms with Gasteiger partial charge in [0.15, 0.2) is 9.96 Å². The van der Waals surface area contributed by atoms with Crippen LogP contribution in [-0.4, -0.2) is 13.4 Å². The second-order valence-corrected chi connectivity index (χ2v) is 6.97. The summed E-state index contributed by atoms with van der Waals surface area (Å²) in [5.41, 5.74) is 1.36. The van der Waals surface area contributed by atoms with E-state index in [1.54, 1.807) is 23.6 Å². The summed E-state index contributed by atoms with van der Waals surface area (Å²) in [5, 5.41) is 2.54. The summed E-state index contributed by atoms with van der Waals surface area (Å²) in [6, 6.07) is 12.2. The van der Waals surface area contributed by atoms with Gasteiger partial charge >= 0.3 is 10.1 Å². The van der Waals surface area contributed by atoms with Gasteiger partial charge in [0.2, 0.25) is 0 Å². The number of hydrogen-bond donors (Lipinski definition) is 0. The van der Waals surface area contributed by atoms with Crippen LogP contribution in [0.4, 0.5) is 0 Å². The van der Waals surface area contributed by atoms with Crippen molar-refractivity contribution in [3.63, 3.8) is 0 Å². The lowest BCUT2D eigenvalue weighted by Gasteiger charge is -2.08. The minimum atomic E-state index is -3.80. The first kappa shape index (κ1) is 13.1. The molecule has 0 aliphatic rings. The van der Waals surface area contributed by atoms with Crippen molar-refractivity contribution in [2.45, 2.75) is 11.1 Å². The number of aryl methyl sites for hydroxylation is 1. The van der Waals surface area contributed by atoms with Crippen molar-refractivity contribution in [2.75, 3.05) is 0 Å². The molecule has 3 rings (SSSR count). The summed E-state index contributed by atoms with van der Waals surface area (Å²) in [7, 11) is -3.80. The van der Waals surface area contributed by atoms with Gasteiger partial charge in [-0.25, -0.2) is 4.98 Å². The van der Waals surface area contributed by atoms with Crippen molar-refractivity contribution >= 4 is 32.4 Å². The van der Waals surface area contributed by atoms with Crippen LogP contribution in [0.1, 0.15) is 5.69 Å². The van der Waals surface area contributed by atoms with Gasteiger partial charge < -0.3 is 4.18 Å². The van der Waals surface area contributed by atoms with E-state index < -0.39 is 10.1 Å². The van der Waals surface area contributed by atoms with E-state index >= 15 is 0 Å². The molecule has 6 heteroatoms. The van der Waals surface area contributed by atoms with Gasteiger partial charge in [0.1, 0.15) is 5.52 Å². The largest absolute Gasteiger partial charge is 0.376 e.